The Morgan fingerprint density at radius 3 is 2.47 bits per heavy atom. The quantitative estimate of drug-likeness (QED) is 0.698. The van der Waals surface area contributed by atoms with Gasteiger partial charge in [0.2, 0.25) is 5.91 Å². The first-order valence-electron chi connectivity index (χ1n) is 6.76. The summed E-state index contributed by atoms with van der Waals surface area (Å²) >= 11 is 0. The first-order chi connectivity index (χ1) is 8.09. The minimum atomic E-state index is 0.252. The van der Waals surface area contributed by atoms with Crippen LogP contribution in [-0.4, -0.2) is 62.0 Å². The highest BCUT2D eigenvalue weighted by atomic mass is 16.2. The molecule has 1 aliphatic rings. The normalized spacial score (nSPS) is 17.8. The molecular weight excluding hydrogens is 214 g/mol. The van der Waals surface area contributed by atoms with Crippen LogP contribution >= 0.6 is 0 Å². The average molecular weight is 241 g/mol. The number of piperazine rings is 1. The van der Waals surface area contributed by atoms with Crippen LogP contribution in [0.5, 0.6) is 0 Å². The molecule has 1 aliphatic heterocycles. The van der Waals surface area contributed by atoms with Crippen LogP contribution in [0.2, 0.25) is 0 Å². The first-order valence-corrected chi connectivity index (χ1v) is 6.76. The van der Waals surface area contributed by atoms with E-state index in [1.807, 2.05) is 4.90 Å². The fraction of sp³-hybridized carbons (Fsp3) is 0.923. The Morgan fingerprint density at radius 2 is 1.88 bits per heavy atom. The average Bonchev–Trinajstić information content (AvgIpc) is 2.29. The van der Waals surface area contributed by atoms with Crippen molar-refractivity contribution in [3.8, 4) is 0 Å². The molecule has 1 rings (SSSR count). The zero-order valence-corrected chi connectivity index (χ0v) is 11.5. The van der Waals surface area contributed by atoms with Crippen LogP contribution < -0.4 is 5.32 Å². The molecule has 0 spiro atoms. The molecule has 1 amide bonds. The van der Waals surface area contributed by atoms with Crippen molar-refractivity contribution < 1.29 is 4.79 Å². The second-order valence-corrected chi connectivity index (χ2v) is 5.40. The van der Waals surface area contributed by atoms with Crippen LogP contribution in [0.4, 0.5) is 0 Å². The Morgan fingerprint density at radius 1 is 1.24 bits per heavy atom. The van der Waals surface area contributed by atoms with E-state index in [1.165, 1.54) is 6.42 Å². The van der Waals surface area contributed by atoms with Gasteiger partial charge >= 0.3 is 0 Å². The summed E-state index contributed by atoms with van der Waals surface area (Å²) in [5, 5.41) is 3.24. The molecule has 0 saturated carbocycles. The number of nitrogens with one attached hydrogen (secondary N) is 1. The lowest BCUT2D eigenvalue weighted by atomic mass is 10.1. The number of carbonyl (C=O) groups is 1. The Kier molecular flexibility index (Phi) is 6.52. The van der Waals surface area contributed by atoms with Gasteiger partial charge in [0.15, 0.2) is 0 Å². The van der Waals surface area contributed by atoms with E-state index in [9.17, 15) is 4.79 Å². The van der Waals surface area contributed by atoms with E-state index in [1.54, 1.807) is 0 Å². The van der Waals surface area contributed by atoms with Crippen molar-refractivity contribution in [3.05, 3.63) is 0 Å². The number of nitrogens with zero attached hydrogens (tertiary/aromatic N) is 2. The van der Waals surface area contributed by atoms with Gasteiger partial charge < -0.3 is 15.1 Å². The molecule has 0 aromatic heterocycles. The number of carbonyl (C=O) groups excluding carboxylic acids is 1. The number of hydrogen-bond donors (Lipinski definition) is 1. The summed E-state index contributed by atoms with van der Waals surface area (Å²) in [5.41, 5.74) is 0. The summed E-state index contributed by atoms with van der Waals surface area (Å²) < 4.78 is 0. The summed E-state index contributed by atoms with van der Waals surface area (Å²) in [6, 6.07) is 0. The van der Waals surface area contributed by atoms with Gasteiger partial charge in [-0.25, -0.2) is 0 Å². The Bertz CT molecular complexity index is 223. The lowest BCUT2D eigenvalue weighted by molar-refractivity contribution is -0.131. The molecular formula is C13H27N3O. The van der Waals surface area contributed by atoms with E-state index in [-0.39, 0.29) is 5.91 Å². The fourth-order valence-corrected chi connectivity index (χ4v) is 2.00. The summed E-state index contributed by atoms with van der Waals surface area (Å²) in [4.78, 5) is 16.1. The van der Waals surface area contributed by atoms with Crippen molar-refractivity contribution in [3.63, 3.8) is 0 Å². The second-order valence-electron chi connectivity index (χ2n) is 5.40. The van der Waals surface area contributed by atoms with Gasteiger partial charge in [0.05, 0.1) is 6.54 Å². The highest BCUT2D eigenvalue weighted by Gasteiger charge is 2.17. The largest absolute Gasteiger partial charge is 0.339 e. The number of hydrogen-bond acceptors (Lipinski definition) is 3. The molecule has 0 atom stereocenters. The van der Waals surface area contributed by atoms with Gasteiger partial charge in [0, 0.05) is 26.2 Å². The number of likely N-dealkylation sites (N-methyl/N-ethyl adjacent to an activating group) is 1. The zero-order chi connectivity index (χ0) is 12.7. The summed E-state index contributed by atoms with van der Waals surface area (Å²) in [7, 11) is 2.10. The Labute approximate surface area is 105 Å². The van der Waals surface area contributed by atoms with E-state index in [4.69, 9.17) is 0 Å². The van der Waals surface area contributed by atoms with Crippen LogP contribution in [0.25, 0.3) is 0 Å². The predicted molar refractivity (Wildman–Crippen MR) is 71.0 cm³/mol. The van der Waals surface area contributed by atoms with Crippen molar-refractivity contribution in [1.29, 1.82) is 0 Å². The monoisotopic (exact) mass is 241 g/mol. The van der Waals surface area contributed by atoms with E-state index in [0.717, 1.165) is 45.1 Å². The van der Waals surface area contributed by atoms with Crippen LogP contribution in [0, 0.1) is 5.92 Å². The molecule has 0 bridgehead atoms. The third kappa shape index (κ3) is 6.03. The van der Waals surface area contributed by atoms with Crippen LogP contribution in [0.1, 0.15) is 26.7 Å². The predicted octanol–water partition coefficient (Wildman–Crippen LogP) is 0.786. The van der Waals surface area contributed by atoms with Crippen LogP contribution in [0.3, 0.4) is 0 Å². The molecule has 0 aromatic carbocycles. The van der Waals surface area contributed by atoms with Gasteiger partial charge in [-0.15, -0.1) is 0 Å². The Balaban J connectivity index is 2.05. The summed E-state index contributed by atoms with van der Waals surface area (Å²) in [6.45, 7) is 9.68. The molecule has 0 unspecified atom stereocenters. The van der Waals surface area contributed by atoms with Gasteiger partial charge in [-0.2, -0.15) is 0 Å². The van der Waals surface area contributed by atoms with Crippen molar-refractivity contribution in [1.82, 2.24) is 15.1 Å². The van der Waals surface area contributed by atoms with Crippen molar-refractivity contribution >= 4 is 5.91 Å². The SMILES string of the molecule is CC(C)CCCNCC(=O)N1CCN(C)CC1. The highest BCUT2D eigenvalue weighted by Crippen LogP contribution is 2.02. The topological polar surface area (TPSA) is 35.6 Å². The molecule has 0 aliphatic carbocycles. The standard InChI is InChI=1S/C13H27N3O/c1-12(2)5-4-6-14-11-13(17)16-9-7-15(3)8-10-16/h12,14H,4-11H2,1-3H3. The summed E-state index contributed by atoms with van der Waals surface area (Å²) in [6.07, 6.45) is 2.39. The Hall–Kier alpha value is -0.610. The van der Waals surface area contributed by atoms with E-state index in [2.05, 4.69) is 31.1 Å². The fourth-order valence-electron chi connectivity index (χ4n) is 2.00. The molecule has 1 heterocycles. The molecule has 4 heteroatoms. The molecule has 1 saturated heterocycles. The molecule has 1 N–H and O–H groups in total. The summed E-state index contributed by atoms with van der Waals surface area (Å²) in [5.74, 6) is 1.01. The zero-order valence-electron chi connectivity index (χ0n) is 11.5. The van der Waals surface area contributed by atoms with Crippen LogP contribution in [-0.2, 0) is 4.79 Å². The lowest BCUT2D eigenvalue weighted by Gasteiger charge is -2.32. The van der Waals surface area contributed by atoms with Crippen molar-refractivity contribution in [2.45, 2.75) is 26.7 Å². The highest BCUT2D eigenvalue weighted by molar-refractivity contribution is 5.78. The van der Waals surface area contributed by atoms with E-state index in [0.29, 0.717) is 6.54 Å². The first kappa shape index (κ1) is 14.5. The molecule has 4 nitrogen and oxygen atoms in total. The lowest BCUT2D eigenvalue weighted by Crippen LogP contribution is -2.49. The van der Waals surface area contributed by atoms with E-state index < -0.39 is 0 Å². The molecule has 1 fully saturated rings. The van der Waals surface area contributed by atoms with E-state index >= 15 is 0 Å². The maximum absolute atomic E-state index is 11.8. The third-order valence-corrected chi connectivity index (χ3v) is 3.27. The van der Waals surface area contributed by atoms with Gasteiger partial charge in [-0.1, -0.05) is 13.8 Å². The molecule has 100 valence electrons. The van der Waals surface area contributed by atoms with Gasteiger partial charge in [-0.05, 0) is 32.4 Å². The van der Waals surface area contributed by atoms with Gasteiger partial charge in [0.1, 0.15) is 0 Å². The molecule has 0 aromatic rings. The maximum Gasteiger partial charge on any atom is 0.236 e. The van der Waals surface area contributed by atoms with Crippen molar-refractivity contribution in [2.75, 3.05) is 46.3 Å². The molecule has 0 radical (unpaired) electrons. The third-order valence-electron chi connectivity index (χ3n) is 3.27. The van der Waals surface area contributed by atoms with Gasteiger partial charge in [-0.3, -0.25) is 4.79 Å². The smallest absolute Gasteiger partial charge is 0.236 e. The maximum atomic E-state index is 11.8. The number of rotatable bonds is 6. The van der Waals surface area contributed by atoms with Crippen molar-refractivity contribution in [2.24, 2.45) is 5.92 Å². The molecule has 17 heavy (non-hydrogen) atoms. The van der Waals surface area contributed by atoms with Gasteiger partial charge in [0.25, 0.3) is 0 Å². The van der Waals surface area contributed by atoms with Crippen LogP contribution in [0.15, 0.2) is 0 Å². The minimum absolute atomic E-state index is 0.252. The second kappa shape index (κ2) is 7.67. The number of amides is 1. The minimum Gasteiger partial charge on any atom is -0.339 e.